The van der Waals surface area contributed by atoms with Crippen molar-refractivity contribution in [2.75, 3.05) is 39.3 Å². The van der Waals surface area contributed by atoms with Gasteiger partial charge in [0.2, 0.25) is 6.29 Å². The third-order valence-electron chi connectivity index (χ3n) is 10.1. The molecule has 312 valence electrons. The quantitative estimate of drug-likeness (QED) is 0.0329. The highest BCUT2D eigenvalue weighted by Crippen LogP contribution is 2.37. The second-order valence-corrected chi connectivity index (χ2v) is 14.2. The molecule has 0 unspecified atom stereocenters. The van der Waals surface area contributed by atoms with Crippen LogP contribution in [0.4, 0.5) is 0 Å². The summed E-state index contributed by atoms with van der Waals surface area (Å²) in [5.74, 6) is -1.08. The molecule has 0 radical (unpaired) electrons. The molecule has 0 amide bonds. The molecule has 1 saturated carbocycles. The van der Waals surface area contributed by atoms with Crippen molar-refractivity contribution in [3.05, 3.63) is 11.8 Å². The van der Waals surface area contributed by atoms with Gasteiger partial charge in [-0.1, -0.05) is 0 Å². The molecule has 4 aliphatic rings. The maximum atomic E-state index is 13.1. The topological polar surface area (TPSA) is 400 Å². The van der Waals surface area contributed by atoms with Crippen LogP contribution in [-0.4, -0.2) is 180 Å². The van der Waals surface area contributed by atoms with Crippen molar-refractivity contribution in [3.63, 3.8) is 0 Å². The number of rotatable bonds is 19. The highest BCUT2D eigenvalue weighted by molar-refractivity contribution is 5.83. The summed E-state index contributed by atoms with van der Waals surface area (Å²) in [4.78, 5) is 16.8. The van der Waals surface area contributed by atoms with E-state index in [2.05, 4.69) is 10.3 Å². The number of hydrogen-bond donors (Lipinski definition) is 14. The van der Waals surface area contributed by atoms with Crippen LogP contribution in [0.1, 0.15) is 32.1 Å². The van der Waals surface area contributed by atoms with Crippen LogP contribution in [0.5, 0.6) is 0 Å². The second kappa shape index (κ2) is 20.8. The van der Waals surface area contributed by atoms with Gasteiger partial charge in [0.15, 0.2) is 24.3 Å². The van der Waals surface area contributed by atoms with Crippen LogP contribution < -0.4 is 45.5 Å². The number of guanidine groups is 1. The molecule has 3 fully saturated rings. The second-order valence-electron chi connectivity index (χ2n) is 14.2. The normalized spacial score (nSPS) is 40.5. The zero-order valence-electron chi connectivity index (χ0n) is 30.2. The lowest BCUT2D eigenvalue weighted by Gasteiger charge is -2.46. The summed E-state index contributed by atoms with van der Waals surface area (Å²) in [6, 6.07) is -2.80. The zero-order valence-corrected chi connectivity index (χ0v) is 30.2. The number of ketones is 1. The molecule has 0 aromatic rings. The molecule has 1 aliphatic carbocycles. The third-order valence-corrected chi connectivity index (χ3v) is 10.1. The first-order valence-corrected chi connectivity index (χ1v) is 18.3. The Hall–Kier alpha value is -2.20. The van der Waals surface area contributed by atoms with Crippen molar-refractivity contribution in [1.82, 2.24) is 5.32 Å². The van der Waals surface area contributed by atoms with Crippen LogP contribution >= 0.6 is 0 Å². The molecule has 21 N–H and O–H groups in total. The third kappa shape index (κ3) is 11.2. The maximum absolute atomic E-state index is 13.1. The standard InChI is InChI=1S/C32H61N9O13/c33-5-1-6-40-11-14-2-3-15(35)29(49-14)52-26-16(36)8-13(9-18(44)17(43)4-7-41-32(38)39)22(45)28(26)54-31-25(48)27(20(12-42)51-31)53-30-21(37)24(47)23(46)19(10-34)50-30/h2,13,15-17,19-31,40,42-43,45-48H,1,3-12,33-37H2,(H4,38,39,41)/t13-,15+,16-,17-,19-,20+,21+,22-,23+,24+,25+,26+,27+,28+,29+,30+,31-/m0/s1. The van der Waals surface area contributed by atoms with Crippen molar-refractivity contribution in [2.24, 2.45) is 51.0 Å². The molecule has 2 saturated heterocycles. The van der Waals surface area contributed by atoms with Gasteiger partial charge in [-0.25, -0.2) is 0 Å². The van der Waals surface area contributed by atoms with Gasteiger partial charge in [0.05, 0.1) is 31.3 Å². The molecule has 0 aromatic heterocycles. The van der Waals surface area contributed by atoms with Crippen molar-refractivity contribution in [1.29, 1.82) is 0 Å². The molecule has 54 heavy (non-hydrogen) atoms. The fraction of sp³-hybridized carbons (Fsp3) is 0.875. The van der Waals surface area contributed by atoms with E-state index >= 15 is 0 Å². The minimum Gasteiger partial charge on any atom is -0.467 e. The van der Waals surface area contributed by atoms with Gasteiger partial charge in [-0.05, 0) is 44.3 Å². The number of nitrogens with one attached hydrogen (secondary N) is 1. The first-order chi connectivity index (χ1) is 25.7. The average molecular weight is 780 g/mol. The molecule has 22 nitrogen and oxygen atoms in total. The van der Waals surface area contributed by atoms with Crippen LogP contribution in [0.2, 0.25) is 0 Å². The number of nitrogens with two attached hydrogens (primary N) is 7. The van der Waals surface area contributed by atoms with Crippen LogP contribution in [0.15, 0.2) is 16.8 Å². The van der Waals surface area contributed by atoms with E-state index in [1.54, 1.807) is 0 Å². The molecule has 17 atom stereocenters. The summed E-state index contributed by atoms with van der Waals surface area (Å²) < 4.78 is 36.0. The van der Waals surface area contributed by atoms with Crippen LogP contribution in [-0.2, 0) is 33.2 Å². The Bertz CT molecular complexity index is 1240. The van der Waals surface area contributed by atoms with E-state index < -0.39 is 116 Å². The van der Waals surface area contributed by atoms with Gasteiger partial charge in [0, 0.05) is 32.0 Å². The van der Waals surface area contributed by atoms with Crippen molar-refractivity contribution in [3.8, 4) is 0 Å². The molecule has 0 bridgehead atoms. The molecule has 3 aliphatic heterocycles. The van der Waals surface area contributed by atoms with E-state index in [-0.39, 0.29) is 38.3 Å². The maximum Gasteiger partial charge on any atom is 0.215 e. The summed E-state index contributed by atoms with van der Waals surface area (Å²) >= 11 is 0. The van der Waals surface area contributed by atoms with Gasteiger partial charge >= 0.3 is 0 Å². The Labute approximate surface area is 313 Å². The number of ether oxygens (including phenoxy) is 6. The molecular formula is C32H61N9O13. The smallest absolute Gasteiger partial charge is 0.215 e. The molecule has 4 rings (SSSR count). The Balaban J connectivity index is 1.53. The monoisotopic (exact) mass is 779 g/mol. The first-order valence-electron chi connectivity index (χ1n) is 18.3. The number of carbonyl (C=O) groups is 1. The summed E-state index contributed by atoms with van der Waals surface area (Å²) in [5.41, 5.74) is 41.0. The van der Waals surface area contributed by atoms with E-state index in [1.165, 1.54) is 0 Å². The van der Waals surface area contributed by atoms with E-state index in [9.17, 15) is 35.4 Å². The minimum atomic E-state index is -1.65. The lowest BCUT2D eigenvalue weighted by molar-refractivity contribution is -0.283. The average Bonchev–Trinajstić information content (AvgIpc) is 3.44. The van der Waals surface area contributed by atoms with Crippen molar-refractivity contribution in [2.45, 2.75) is 130 Å². The Kier molecular flexibility index (Phi) is 17.2. The number of hydrogen-bond acceptors (Lipinski definition) is 20. The largest absolute Gasteiger partial charge is 0.467 e. The van der Waals surface area contributed by atoms with E-state index in [0.717, 1.165) is 6.42 Å². The molecular weight excluding hydrogens is 718 g/mol. The molecule has 0 spiro atoms. The van der Waals surface area contributed by atoms with E-state index in [0.29, 0.717) is 31.8 Å². The Morgan fingerprint density at radius 3 is 2.26 bits per heavy atom. The van der Waals surface area contributed by atoms with Crippen molar-refractivity contribution >= 4 is 11.7 Å². The van der Waals surface area contributed by atoms with Gasteiger partial charge in [-0.2, -0.15) is 0 Å². The summed E-state index contributed by atoms with van der Waals surface area (Å²) in [7, 11) is 0. The predicted molar refractivity (Wildman–Crippen MR) is 189 cm³/mol. The Morgan fingerprint density at radius 2 is 1.59 bits per heavy atom. The Morgan fingerprint density at radius 1 is 0.907 bits per heavy atom. The minimum absolute atomic E-state index is 0.000366. The predicted octanol–water partition coefficient (Wildman–Crippen LogP) is -7.46. The number of aliphatic hydroxyl groups excluding tert-OH is 6. The molecule has 0 aromatic carbocycles. The SMILES string of the molecule is NCCCNCC1=CC[C@@H](N)[C@@H](O[C@H]2[C@H](O[C@@H]3O[C@H](CO)[C@@H](O[C@H]4O[C@@H](CN)[C@@H](O)[C@H](O)[C@H]4N)[C@H]3O)[C@@H](O)[C@H](CC(=O)[C@@H](O)CCN=C(N)N)C[C@@H]2N)O1. The zero-order chi connectivity index (χ0) is 39.7. The first kappa shape index (κ1) is 44.5. The summed E-state index contributed by atoms with van der Waals surface area (Å²) in [6.45, 7) is 0.703. The van der Waals surface area contributed by atoms with Crippen molar-refractivity contribution < 1.29 is 63.9 Å². The number of carbonyl (C=O) groups excluding carboxylic acids is 1. The summed E-state index contributed by atoms with van der Waals surface area (Å²) in [6.07, 6.45) is -14.9. The van der Waals surface area contributed by atoms with Gasteiger partial charge in [0.1, 0.15) is 60.7 Å². The van der Waals surface area contributed by atoms with Crippen LogP contribution in [0.3, 0.4) is 0 Å². The number of aliphatic imine (C=N–C) groups is 1. The highest BCUT2D eigenvalue weighted by atomic mass is 16.8. The number of nitrogens with zero attached hydrogens (tertiary/aromatic N) is 1. The lowest BCUT2D eigenvalue weighted by atomic mass is 9.76. The fourth-order valence-corrected chi connectivity index (χ4v) is 6.95. The number of aliphatic hydroxyl groups is 6. The molecule has 22 heteroatoms. The van der Waals surface area contributed by atoms with Gasteiger partial charge in [-0.15, -0.1) is 0 Å². The van der Waals surface area contributed by atoms with Gasteiger partial charge < -0.3 is 105 Å². The van der Waals surface area contributed by atoms with Gasteiger partial charge in [-0.3, -0.25) is 9.79 Å². The van der Waals surface area contributed by atoms with Crippen LogP contribution in [0.25, 0.3) is 0 Å². The fourth-order valence-electron chi connectivity index (χ4n) is 6.95. The highest BCUT2D eigenvalue weighted by Gasteiger charge is 2.54. The summed E-state index contributed by atoms with van der Waals surface area (Å²) in [5, 5.41) is 67.8. The number of Topliss-reactive ketones (excluding diaryl/α,β-unsaturated/α-hetero) is 1. The van der Waals surface area contributed by atoms with Gasteiger partial charge in [0.25, 0.3) is 0 Å². The van der Waals surface area contributed by atoms with E-state index in [4.69, 9.17) is 68.6 Å². The van der Waals surface area contributed by atoms with Crippen LogP contribution in [0, 0.1) is 5.92 Å². The van der Waals surface area contributed by atoms with E-state index in [1.807, 2.05) is 6.08 Å². The molecule has 3 heterocycles. The lowest BCUT2D eigenvalue weighted by Crippen LogP contribution is -2.64.